The van der Waals surface area contributed by atoms with E-state index in [4.69, 9.17) is 0 Å². The molecule has 0 aliphatic heterocycles. The van der Waals surface area contributed by atoms with E-state index in [0.717, 1.165) is 5.56 Å². The van der Waals surface area contributed by atoms with Crippen molar-refractivity contribution in [3.63, 3.8) is 0 Å². The highest BCUT2D eigenvalue weighted by molar-refractivity contribution is 5.85. The molecule has 0 heterocycles. The van der Waals surface area contributed by atoms with Crippen molar-refractivity contribution in [2.24, 2.45) is 0 Å². The fraction of sp³-hybridized carbons (Fsp3) is 0.222. The zero-order valence-corrected chi connectivity index (χ0v) is 14.1. The summed E-state index contributed by atoms with van der Waals surface area (Å²) in [6.45, 7) is 0.491. The van der Waals surface area contributed by atoms with Crippen LogP contribution in [0.15, 0.2) is 54.6 Å². The Morgan fingerprint density at radius 1 is 0.885 bits per heavy atom. The van der Waals surface area contributed by atoms with Gasteiger partial charge in [-0.1, -0.05) is 42.5 Å². The third-order valence-electron chi connectivity index (χ3n) is 3.52. The summed E-state index contributed by atoms with van der Waals surface area (Å²) in [5.74, 6) is -0.555. The smallest absolute Gasteiger partial charge is 0.292 e. The Kier molecular flexibility index (Phi) is 7.11. The molecule has 0 radical (unpaired) electrons. The van der Waals surface area contributed by atoms with Crippen molar-refractivity contribution in [1.82, 2.24) is 10.6 Å². The number of nitrogens with one attached hydrogen (secondary N) is 3. The number of hydrogen-bond acceptors (Lipinski definition) is 5. The van der Waals surface area contributed by atoms with E-state index in [1.807, 2.05) is 30.3 Å². The quantitative estimate of drug-likeness (QED) is 0.358. The van der Waals surface area contributed by atoms with E-state index in [1.54, 1.807) is 18.2 Å². The second-order valence-corrected chi connectivity index (χ2v) is 5.49. The first kappa shape index (κ1) is 18.9. The molecule has 0 aromatic heterocycles. The van der Waals surface area contributed by atoms with E-state index in [-0.39, 0.29) is 37.0 Å². The number of carbonyl (C=O) groups is 2. The van der Waals surface area contributed by atoms with Gasteiger partial charge in [-0.15, -0.1) is 0 Å². The second kappa shape index (κ2) is 9.77. The third-order valence-corrected chi connectivity index (χ3v) is 3.52. The SMILES string of the molecule is O=C(CNC(=O)Cc1ccccc1)NCCNc1ccccc1[N+](=O)[O-]. The van der Waals surface area contributed by atoms with Gasteiger partial charge in [-0.25, -0.2) is 0 Å². The second-order valence-electron chi connectivity index (χ2n) is 5.49. The highest BCUT2D eigenvalue weighted by Crippen LogP contribution is 2.22. The van der Waals surface area contributed by atoms with Crippen LogP contribution in [-0.2, 0) is 16.0 Å². The number of nitrogens with zero attached hydrogens (tertiary/aromatic N) is 1. The topological polar surface area (TPSA) is 113 Å². The molecule has 8 heteroatoms. The van der Waals surface area contributed by atoms with E-state index in [0.29, 0.717) is 12.2 Å². The number of anilines is 1. The highest BCUT2D eigenvalue weighted by Gasteiger charge is 2.11. The maximum atomic E-state index is 11.8. The molecular weight excluding hydrogens is 336 g/mol. The van der Waals surface area contributed by atoms with Crippen molar-refractivity contribution in [1.29, 1.82) is 0 Å². The maximum absolute atomic E-state index is 11.8. The summed E-state index contributed by atoms with van der Waals surface area (Å²) in [6, 6.07) is 15.5. The average Bonchev–Trinajstić information content (AvgIpc) is 2.64. The van der Waals surface area contributed by atoms with Crippen LogP contribution in [0.25, 0.3) is 0 Å². The van der Waals surface area contributed by atoms with Crippen LogP contribution in [0.2, 0.25) is 0 Å². The minimum Gasteiger partial charge on any atom is -0.378 e. The number of amides is 2. The van der Waals surface area contributed by atoms with Gasteiger partial charge in [-0.2, -0.15) is 0 Å². The largest absolute Gasteiger partial charge is 0.378 e. The number of benzene rings is 2. The number of carbonyl (C=O) groups excluding carboxylic acids is 2. The third kappa shape index (κ3) is 6.23. The van der Waals surface area contributed by atoms with Crippen LogP contribution in [0.5, 0.6) is 0 Å². The standard InChI is InChI=1S/C18H20N4O4/c23-17(12-14-6-2-1-3-7-14)21-13-18(24)20-11-10-19-15-8-4-5-9-16(15)22(25)26/h1-9,19H,10-13H2,(H,20,24)(H,21,23). The van der Waals surface area contributed by atoms with Gasteiger partial charge in [0.25, 0.3) is 5.69 Å². The number of nitro benzene ring substituents is 1. The minimum atomic E-state index is -0.469. The molecule has 26 heavy (non-hydrogen) atoms. The molecule has 0 saturated heterocycles. The number of para-hydroxylation sites is 2. The first-order chi connectivity index (χ1) is 12.6. The summed E-state index contributed by atoms with van der Waals surface area (Å²) in [7, 11) is 0. The van der Waals surface area contributed by atoms with Gasteiger partial charge in [0, 0.05) is 19.2 Å². The Labute approximate surface area is 150 Å². The van der Waals surface area contributed by atoms with Crippen LogP contribution < -0.4 is 16.0 Å². The van der Waals surface area contributed by atoms with Gasteiger partial charge in [-0.3, -0.25) is 19.7 Å². The molecule has 0 bridgehead atoms. The lowest BCUT2D eigenvalue weighted by Gasteiger charge is -2.09. The zero-order valence-electron chi connectivity index (χ0n) is 14.1. The van der Waals surface area contributed by atoms with Crippen molar-refractivity contribution in [2.75, 3.05) is 25.0 Å². The molecule has 2 rings (SSSR count). The Morgan fingerprint density at radius 3 is 2.31 bits per heavy atom. The maximum Gasteiger partial charge on any atom is 0.292 e. The molecule has 0 aliphatic carbocycles. The molecule has 2 aromatic carbocycles. The van der Waals surface area contributed by atoms with E-state index < -0.39 is 4.92 Å². The van der Waals surface area contributed by atoms with Gasteiger partial charge >= 0.3 is 0 Å². The summed E-state index contributed by atoms with van der Waals surface area (Å²) >= 11 is 0. The number of rotatable bonds is 9. The van der Waals surface area contributed by atoms with E-state index in [1.165, 1.54) is 6.07 Å². The molecule has 0 unspecified atom stereocenters. The summed E-state index contributed by atoms with van der Waals surface area (Å²) < 4.78 is 0. The van der Waals surface area contributed by atoms with Gasteiger partial charge in [-0.05, 0) is 11.6 Å². The molecular formula is C18H20N4O4. The Hall–Kier alpha value is -3.42. The highest BCUT2D eigenvalue weighted by atomic mass is 16.6. The molecule has 3 N–H and O–H groups in total. The molecule has 2 amide bonds. The molecule has 2 aromatic rings. The molecule has 0 saturated carbocycles. The number of hydrogen-bond donors (Lipinski definition) is 3. The summed E-state index contributed by atoms with van der Waals surface area (Å²) in [6.07, 6.45) is 0.216. The predicted octanol–water partition coefficient (Wildman–Crippen LogP) is 1.48. The molecule has 0 fully saturated rings. The molecule has 0 spiro atoms. The Morgan fingerprint density at radius 2 is 1.58 bits per heavy atom. The van der Waals surface area contributed by atoms with Crippen molar-refractivity contribution in [2.45, 2.75) is 6.42 Å². The first-order valence-electron chi connectivity index (χ1n) is 8.11. The molecule has 0 aliphatic rings. The van der Waals surface area contributed by atoms with Crippen LogP contribution in [0.1, 0.15) is 5.56 Å². The fourth-order valence-electron chi connectivity index (χ4n) is 2.27. The van der Waals surface area contributed by atoms with Gasteiger partial charge < -0.3 is 16.0 Å². The fourth-order valence-corrected chi connectivity index (χ4v) is 2.27. The van der Waals surface area contributed by atoms with Gasteiger partial charge in [0.2, 0.25) is 11.8 Å². The van der Waals surface area contributed by atoms with Crippen LogP contribution in [0.3, 0.4) is 0 Å². The van der Waals surface area contributed by atoms with E-state index in [9.17, 15) is 19.7 Å². The lowest BCUT2D eigenvalue weighted by atomic mass is 10.1. The van der Waals surface area contributed by atoms with Crippen molar-refractivity contribution < 1.29 is 14.5 Å². The van der Waals surface area contributed by atoms with Gasteiger partial charge in [0.15, 0.2) is 0 Å². The van der Waals surface area contributed by atoms with Crippen LogP contribution >= 0.6 is 0 Å². The van der Waals surface area contributed by atoms with Crippen molar-refractivity contribution in [3.8, 4) is 0 Å². The Bertz CT molecular complexity index is 765. The normalized spacial score (nSPS) is 10.0. The van der Waals surface area contributed by atoms with Crippen molar-refractivity contribution >= 4 is 23.2 Å². The summed E-state index contributed by atoms with van der Waals surface area (Å²) in [5, 5.41) is 19.0. The monoisotopic (exact) mass is 356 g/mol. The van der Waals surface area contributed by atoms with Crippen molar-refractivity contribution in [3.05, 3.63) is 70.3 Å². The molecule has 8 nitrogen and oxygen atoms in total. The van der Waals surface area contributed by atoms with Gasteiger partial charge in [0.1, 0.15) is 5.69 Å². The zero-order chi connectivity index (χ0) is 18.8. The average molecular weight is 356 g/mol. The van der Waals surface area contributed by atoms with Gasteiger partial charge in [0.05, 0.1) is 17.9 Å². The van der Waals surface area contributed by atoms with E-state index >= 15 is 0 Å². The van der Waals surface area contributed by atoms with E-state index in [2.05, 4.69) is 16.0 Å². The first-order valence-corrected chi connectivity index (χ1v) is 8.11. The molecule has 0 atom stereocenters. The van der Waals surface area contributed by atoms with Crippen LogP contribution in [-0.4, -0.2) is 36.4 Å². The number of nitro groups is 1. The Balaban J connectivity index is 1.65. The minimum absolute atomic E-state index is 0.0213. The lowest BCUT2D eigenvalue weighted by Crippen LogP contribution is -2.39. The summed E-state index contributed by atoms with van der Waals surface area (Å²) in [5.41, 5.74) is 1.24. The predicted molar refractivity (Wildman–Crippen MR) is 97.8 cm³/mol. The molecule has 136 valence electrons. The lowest BCUT2D eigenvalue weighted by molar-refractivity contribution is -0.384. The van der Waals surface area contributed by atoms with Crippen LogP contribution in [0, 0.1) is 10.1 Å². The van der Waals surface area contributed by atoms with Crippen LogP contribution in [0.4, 0.5) is 11.4 Å². The summed E-state index contributed by atoms with van der Waals surface area (Å²) in [4.78, 5) is 33.9.